The Morgan fingerprint density at radius 2 is 1.93 bits per heavy atom. The highest BCUT2D eigenvalue weighted by molar-refractivity contribution is 7.52. The van der Waals surface area contributed by atoms with Crippen LogP contribution in [-0.4, -0.2) is 59.4 Å². The highest BCUT2D eigenvalue weighted by Crippen LogP contribution is 2.47. The fourth-order valence-corrected chi connectivity index (χ4v) is 4.54. The van der Waals surface area contributed by atoms with Crippen molar-refractivity contribution < 1.29 is 23.8 Å². The number of nitrogens with one attached hydrogen (secondary N) is 1. The molecule has 1 aliphatic rings. The van der Waals surface area contributed by atoms with Crippen molar-refractivity contribution in [2.75, 3.05) is 26.0 Å². The first-order chi connectivity index (χ1) is 12.2. The van der Waals surface area contributed by atoms with E-state index in [0.29, 0.717) is 13.1 Å². The van der Waals surface area contributed by atoms with Crippen molar-refractivity contribution in [1.82, 2.24) is 10.2 Å². The van der Waals surface area contributed by atoms with E-state index < -0.39 is 19.9 Å². The molecule has 1 heterocycles. The molecule has 1 aliphatic heterocycles. The summed E-state index contributed by atoms with van der Waals surface area (Å²) in [4.78, 5) is 11.9. The van der Waals surface area contributed by atoms with Crippen molar-refractivity contribution in [3.05, 3.63) is 12.3 Å². The van der Waals surface area contributed by atoms with Gasteiger partial charge in [-0.1, -0.05) is 41.5 Å². The topological polar surface area (TPSA) is 117 Å². The molecular weight excluding hydrogens is 369 g/mol. The first-order valence-corrected chi connectivity index (χ1v) is 11.1. The molecular formula is C18H38N3O5P. The van der Waals surface area contributed by atoms with Gasteiger partial charge in [0.2, 0.25) is 0 Å². The molecule has 0 spiro atoms. The van der Waals surface area contributed by atoms with Crippen molar-refractivity contribution in [2.45, 2.75) is 66.5 Å². The van der Waals surface area contributed by atoms with E-state index in [-0.39, 0.29) is 36.4 Å². The van der Waals surface area contributed by atoms with Gasteiger partial charge in [0.25, 0.3) is 0 Å². The zero-order chi connectivity index (χ0) is 20.9. The predicted octanol–water partition coefficient (Wildman–Crippen LogP) is 2.04. The van der Waals surface area contributed by atoms with Crippen LogP contribution in [0.15, 0.2) is 12.3 Å². The molecule has 0 radical (unpaired) electrons. The van der Waals surface area contributed by atoms with Crippen molar-refractivity contribution in [1.29, 1.82) is 0 Å². The molecule has 8 nitrogen and oxygen atoms in total. The highest BCUT2D eigenvalue weighted by Gasteiger charge is 2.31. The molecule has 0 aromatic rings. The van der Waals surface area contributed by atoms with Crippen LogP contribution in [0.25, 0.3) is 0 Å². The molecule has 160 valence electrons. The minimum absolute atomic E-state index is 0.0118. The molecule has 0 saturated carbocycles. The van der Waals surface area contributed by atoms with Gasteiger partial charge in [-0.25, -0.2) is 0 Å². The molecule has 0 bridgehead atoms. The standard InChI is InChI=1S/C18H38N3O5P/c1-17(2,3)9-14(11-25-27(23,24)12-18(4,5)6)26-16(10-22)21-8-7-15(19)20-13-21/h7-8,14-16,20,22H,9-13,19H2,1-6H3,(H,23,24)/t14?,15?,16-/m1/s1. The maximum atomic E-state index is 12.4. The lowest BCUT2D eigenvalue weighted by atomic mass is 9.89. The van der Waals surface area contributed by atoms with E-state index in [1.165, 1.54) is 0 Å². The van der Waals surface area contributed by atoms with Crippen LogP contribution >= 0.6 is 7.60 Å². The molecule has 5 N–H and O–H groups in total. The van der Waals surface area contributed by atoms with Gasteiger partial charge in [0, 0.05) is 6.20 Å². The summed E-state index contributed by atoms with van der Waals surface area (Å²) >= 11 is 0. The van der Waals surface area contributed by atoms with Crippen LogP contribution in [0.3, 0.4) is 0 Å². The fourth-order valence-electron chi connectivity index (χ4n) is 2.85. The average Bonchev–Trinajstić information content (AvgIpc) is 2.47. The SMILES string of the molecule is CC(C)(C)CC(COP(=O)(O)CC(C)(C)C)O[C@H](CO)N1C=CC(N)NC1. The maximum Gasteiger partial charge on any atom is 0.328 e. The minimum Gasteiger partial charge on any atom is -0.392 e. The summed E-state index contributed by atoms with van der Waals surface area (Å²) in [6, 6.07) is 0. The molecule has 0 saturated heterocycles. The van der Waals surface area contributed by atoms with Crippen LogP contribution in [0.2, 0.25) is 0 Å². The molecule has 9 heteroatoms. The number of ether oxygens (including phenoxy) is 1. The van der Waals surface area contributed by atoms with Crippen molar-refractivity contribution in [3.63, 3.8) is 0 Å². The Hall–Kier alpha value is -0.470. The molecule has 27 heavy (non-hydrogen) atoms. The second-order valence-corrected chi connectivity index (χ2v) is 11.4. The molecule has 0 amide bonds. The smallest absolute Gasteiger partial charge is 0.328 e. The number of nitrogens with two attached hydrogens (primary N) is 1. The van der Waals surface area contributed by atoms with Gasteiger partial charge in [-0.2, -0.15) is 0 Å². The Balaban J connectivity index is 2.78. The Morgan fingerprint density at radius 1 is 1.30 bits per heavy atom. The lowest BCUT2D eigenvalue weighted by Crippen LogP contribution is -2.51. The summed E-state index contributed by atoms with van der Waals surface area (Å²) in [5.41, 5.74) is 5.37. The highest BCUT2D eigenvalue weighted by atomic mass is 31.2. The molecule has 1 rings (SSSR count). The van der Waals surface area contributed by atoms with Crippen molar-refractivity contribution >= 4 is 7.60 Å². The van der Waals surface area contributed by atoms with Gasteiger partial charge in [-0.15, -0.1) is 0 Å². The molecule has 3 unspecified atom stereocenters. The zero-order valence-electron chi connectivity index (χ0n) is 17.5. The van der Waals surface area contributed by atoms with Crippen LogP contribution in [0.5, 0.6) is 0 Å². The summed E-state index contributed by atoms with van der Waals surface area (Å²) in [5, 5.41) is 12.8. The normalized spacial score (nSPS) is 23.1. The number of nitrogens with zero attached hydrogens (tertiary/aromatic N) is 1. The number of hydrogen-bond donors (Lipinski definition) is 4. The number of rotatable bonds is 9. The lowest BCUT2D eigenvalue weighted by Gasteiger charge is -2.37. The minimum atomic E-state index is -3.72. The monoisotopic (exact) mass is 407 g/mol. The number of aliphatic hydroxyl groups is 1. The Kier molecular flexibility index (Phi) is 8.95. The first-order valence-electron chi connectivity index (χ1n) is 9.36. The van der Waals surface area contributed by atoms with Crippen LogP contribution in [-0.2, 0) is 13.8 Å². The van der Waals surface area contributed by atoms with E-state index in [1.54, 1.807) is 17.2 Å². The Labute approximate surface area is 163 Å². The second kappa shape index (κ2) is 9.83. The molecule has 0 aromatic heterocycles. The quantitative estimate of drug-likeness (QED) is 0.429. The first kappa shape index (κ1) is 24.6. The van der Waals surface area contributed by atoms with E-state index in [4.69, 9.17) is 15.0 Å². The Bertz CT molecular complexity index is 530. The summed E-state index contributed by atoms with van der Waals surface area (Å²) in [5.74, 6) is 0. The Morgan fingerprint density at radius 3 is 2.37 bits per heavy atom. The van der Waals surface area contributed by atoms with E-state index in [2.05, 4.69) is 26.1 Å². The van der Waals surface area contributed by atoms with E-state index in [1.807, 2.05) is 20.8 Å². The molecule has 0 aliphatic carbocycles. The van der Waals surface area contributed by atoms with Gasteiger partial charge in [0.15, 0.2) is 6.23 Å². The largest absolute Gasteiger partial charge is 0.392 e. The van der Waals surface area contributed by atoms with Gasteiger partial charge in [-0.3, -0.25) is 9.88 Å². The maximum absolute atomic E-state index is 12.4. The molecule has 0 aromatic carbocycles. The fraction of sp³-hybridized carbons (Fsp3) is 0.889. The summed E-state index contributed by atoms with van der Waals surface area (Å²) in [6.45, 7) is 12.1. The third-order valence-electron chi connectivity index (χ3n) is 3.85. The van der Waals surface area contributed by atoms with Crippen LogP contribution in [0.1, 0.15) is 48.0 Å². The van der Waals surface area contributed by atoms with Gasteiger partial charge in [0.05, 0.1) is 38.3 Å². The number of hydrogen-bond acceptors (Lipinski definition) is 7. The van der Waals surface area contributed by atoms with Crippen LogP contribution < -0.4 is 11.1 Å². The van der Waals surface area contributed by atoms with E-state index in [9.17, 15) is 14.6 Å². The van der Waals surface area contributed by atoms with Gasteiger partial charge in [0.1, 0.15) is 0 Å². The van der Waals surface area contributed by atoms with Gasteiger partial charge in [-0.05, 0) is 23.3 Å². The summed E-state index contributed by atoms with van der Waals surface area (Å²) < 4.78 is 23.8. The van der Waals surface area contributed by atoms with Crippen LogP contribution in [0, 0.1) is 10.8 Å². The molecule has 4 atom stereocenters. The van der Waals surface area contributed by atoms with E-state index in [0.717, 1.165) is 0 Å². The third kappa shape index (κ3) is 10.6. The summed E-state index contributed by atoms with van der Waals surface area (Å²) in [7, 11) is -3.72. The summed E-state index contributed by atoms with van der Waals surface area (Å²) in [6.07, 6.45) is 2.98. The van der Waals surface area contributed by atoms with Crippen molar-refractivity contribution in [2.24, 2.45) is 16.6 Å². The molecule has 0 fully saturated rings. The third-order valence-corrected chi connectivity index (χ3v) is 5.75. The van der Waals surface area contributed by atoms with E-state index >= 15 is 0 Å². The number of aliphatic hydroxyl groups excluding tert-OH is 1. The second-order valence-electron chi connectivity index (χ2n) is 9.56. The van der Waals surface area contributed by atoms with Crippen LogP contribution in [0.4, 0.5) is 0 Å². The lowest BCUT2D eigenvalue weighted by molar-refractivity contribution is -0.128. The zero-order valence-corrected chi connectivity index (χ0v) is 18.4. The average molecular weight is 407 g/mol. The van der Waals surface area contributed by atoms with Crippen molar-refractivity contribution in [3.8, 4) is 0 Å². The van der Waals surface area contributed by atoms with Gasteiger partial charge >= 0.3 is 7.60 Å². The van der Waals surface area contributed by atoms with Gasteiger partial charge < -0.3 is 29.9 Å². The predicted molar refractivity (Wildman–Crippen MR) is 107 cm³/mol.